The molecule has 0 bridgehead atoms. The van der Waals surface area contributed by atoms with E-state index in [-0.39, 0.29) is 6.61 Å². The van der Waals surface area contributed by atoms with Crippen LogP contribution in [0, 0.1) is 0 Å². The third kappa shape index (κ3) is 2.13. The quantitative estimate of drug-likeness (QED) is 0.727. The molecule has 3 rings (SSSR count). The van der Waals surface area contributed by atoms with E-state index in [9.17, 15) is 0 Å². The number of anilines is 1. The van der Waals surface area contributed by atoms with E-state index in [1.54, 1.807) is 6.33 Å². The van der Waals surface area contributed by atoms with Gasteiger partial charge in [-0.2, -0.15) is 0 Å². The Morgan fingerprint density at radius 1 is 1.05 bits per heavy atom. The van der Waals surface area contributed by atoms with E-state index < -0.39 is 0 Å². The molecule has 2 heterocycles. The van der Waals surface area contributed by atoms with Crippen LogP contribution in [0.4, 0.5) is 5.82 Å². The van der Waals surface area contributed by atoms with Gasteiger partial charge in [-0.1, -0.05) is 24.3 Å². The second kappa shape index (κ2) is 4.66. The Morgan fingerprint density at radius 2 is 1.79 bits per heavy atom. The summed E-state index contributed by atoms with van der Waals surface area (Å²) in [5.74, 6) is 0.388. The smallest absolute Gasteiger partial charge is 0.165 e. The molecule has 0 aliphatic carbocycles. The van der Waals surface area contributed by atoms with Crippen LogP contribution in [-0.4, -0.2) is 24.6 Å². The average Bonchev–Trinajstić information content (AvgIpc) is 2.84. The molecule has 6 nitrogen and oxygen atoms in total. The van der Waals surface area contributed by atoms with Gasteiger partial charge in [0.05, 0.1) is 19.5 Å². The first-order valence-electron chi connectivity index (χ1n) is 5.88. The topological polar surface area (TPSA) is 89.9 Å². The first kappa shape index (κ1) is 11.6. The van der Waals surface area contributed by atoms with Crippen molar-refractivity contribution in [2.45, 2.75) is 13.2 Å². The number of benzene rings is 1. The molecule has 0 spiro atoms. The molecule has 0 unspecified atom stereocenters. The normalized spacial score (nSPS) is 11.0. The molecule has 19 heavy (non-hydrogen) atoms. The van der Waals surface area contributed by atoms with Crippen LogP contribution in [0.5, 0.6) is 0 Å². The third-order valence-electron chi connectivity index (χ3n) is 2.99. The summed E-state index contributed by atoms with van der Waals surface area (Å²) in [5.41, 5.74) is 9.09. The van der Waals surface area contributed by atoms with Gasteiger partial charge >= 0.3 is 0 Å². The van der Waals surface area contributed by atoms with Crippen LogP contribution in [-0.2, 0) is 13.2 Å². The minimum atomic E-state index is 0.0536. The van der Waals surface area contributed by atoms with Crippen molar-refractivity contribution in [1.29, 1.82) is 0 Å². The number of hydrogen-bond donors (Lipinski definition) is 2. The van der Waals surface area contributed by atoms with Crippen molar-refractivity contribution in [2.24, 2.45) is 0 Å². The fraction of sp³-hybridized carbons (Fsp3) is 0.154. The van der Waals surface area contributed by atoms with Gasteiger partial charge in [-0.3, -0.25) is 0 Å². The molecule has 2 aromatic heterocycles. The highest BCUT2D eigenvalue weighted by Gasteiger charge is 2.07. The van der Waals surface area contributed by atoms with E-state index in [1.165, 1.54) is 6.33 Å². The first-order valence-corrected chi connectivity index (χ1v) is 5.88. The summed E-state index contributed by atoms with van der Waals surface area (Å²) in [6.45, 7) is 0.705. The molecule has 0 saturated carbocycles. The predicted octanol–water partition coefficient (Wildman–Crippen LogP) is 0.949. The Morgan fingerprint density at radius 3 is 2.53 bits per heavy atom. The maximum atomic E-state index is 9.01. The summed E-state index contributed by atoms with van der Waals surface area (Å²) in [6.07, 6.45) is 3.14. The van der Waals surface area contributed by atoms with Crippen molar-refractivity contribution in [2.75, 3.05) is 5.73 Å². The van der Waals surface area contributed by atoms with Gasteiger partial charge in [0.2, 0.25) is 0 Å². The number of nitrogens with two attached hydrogens (primary N) is 1. The lowest BCUT2D eigenvalue weighted by Gasteiger charge is -2.05. The molecule has 3 aromatic rings. The number of imidazole rings is 1. The van der Waals surface area contributed by atoms with Crippen molar-refractivity contribution in [3.63, 3.8) is 0 Å². The summed E-state index contributed by atoms with van der Waals surface area (Å²) in [4.78, 5) is 12.3. The first-order chi connectivity index (χ1) is 9.28. The van der Waals surface area contributed by atoms with Crippen LogP contribution in [0.3, 0.4) is 0 Å². The number of hydrogen-bond acceptors (Lipinski definition) is 5. The largest absolute Gasteiger partial charge is 0.392 e. The molecule has 0 amide bonds. The highest BCUT2D eigenvalue weighted by molar-refractivity contribution is 5.81. The molecular weight excluding hydrogens is 242 g/mol. The van der Waals surface area contributed by atoms with Gasteiger partial charge in [-0.25, -0.2) is 15.0 Å². The lowest BCUT2D eigenvalue weighted by molar-refractivity contribution is 0.282. The van der Waals surface area contributed by atoms with Gasteiger partial charge in [0.25, 0.3) is 0 Å². The van der Waals surface area contributed by atoms with E-state index >= 15 is 0 Å². The van der Waals surface area contributed by atoms with Gasteiger partial charge in [0, 0.05) is 0 Å². The second-order valence-corrected chi connectivity index (χ2v) is 4.28. The number of nitrogens with zero attached hydrogens (tertiary/aromatic N) is 4. The Labute approximate surface area is 109 Å². The Balaban J connectivity index is 1.94. The van der Waals surface area contributed by atoms with Crippen LogP contribution >= 0.6 is 0 Å². The van der Waals surface area contributed by atoms with E-state index in [2.05, 4.69) is 15.0 Å². The summed E-state index contributed by atoms with van der Waals surface area (Å²) in [7, 11) is 0. The zero-order chi connectivity index (χ0) is 13.2. The van der Waals surface area contributed by atoms with E-state index in [0.717, 1.165) is 16.8 Å². The Kier molecular flexibility index (Phi) is 2.85. The van der Waals surface area contributed by atoms with Crippen molar-refractivity contribution in [3.8, 4) is 0 Å². The van der Waals surface area contributed by atoms with Crippen LogP contribution in [0.15, 0.2) is 36.9 Å². The van der Waals surface area contributed by atoms with Gasteiger partial charge in [-0.05, 0) is 11.1 Å². The van der Waals surface area contributed by atoms with Gasteiger partial charge in [0.15, 0.2) is 11.5 Å². The van der Waals surface area contributed by atoms with Crippen molar-refractivity contribution < 1.29 is 5.11 Å². The van der Waals surface area contributed by atoms with E-state index in [1.807, 2.05) is 28.8 Å². The van der Waals surface area contributed by atoms with Crippen LogP contribution in [0.1, 0.15) is 11.1 Å². The summed E-state index contributed by atoms with van der Waals surface area (Å²) in [6, 6.07) is 7.75. The third-order valence-corrected chi connectivity index (χ3v) is 2.99. The minimum Gasteiger partial charge on any atom is -0.392 e. The number of rotatable bonds is 3. The number of aliphatic hydroxyl groups excluding tert-OH is 1. The number of nitrogen functional groups attached to an aromatic ring is 1. The van der Waals surface area contributed by atoms with Crippen LogP contribution < -0.4 is 5.73 Å². The Hall–Kier alpha value is -2.47. The molecule has 3 N–H and O–H groups in total. The molecule has 6 heteroatoms. The maximum Gasteiger partial charge on any atom is 0.165 e. The molecule has 1 aromatic carbocycles. The molecule has 0 aliphatic rings. The van der Waals surface area contributed by atoms with Gasteiger partial charge in [0.1, 0.15) is 11.8 Å². The van der Waals surface area contributed by atoms with Crippen LogP contribution in [0.2, 0.25) is 0 Å². The zero-order valence-corrected chi connectivity index (χ0v) is 10.2. The zero-order valence-electron chi connectivity index (χ0n) is 10.2. The average molecular weight is 255 g/mol. The second-order valence-electron chi connectivity index (χ2n) is 4.28. The predicted molar refractivity (Wildman–Crippen MR) is 71.2 cm³/mol. The summed E-state index contributed by atoms with van der Waals surface area (Å²) >= 11 is 0. The fourth-order valence-electron chi connectivity index (χ4n) is 1.96. The monoisotopic (exact) mass is 255 g/mol. The number of aliphatic hydroxyl groups is 1. The molecular formula is C13H13N5O. The van der Waals surface area contributed by atoms with E-state index in [4.69, 9.17) is 10.8 Å². The standard InChI is InChI=1S/C13H13N5O/c14-12-11-13(16-7-15-12)18(8-17-11)5-9-1-3-10(6-19)4-2-9/h1-4,7-8,19H,5-6H2,(H2,14,15,16). The van der Waals surface area contributed by atoms with Crippen molar-refractivity contribution in [1.82, 2.24) is 19.5 Å². The molecule has 0 fully saturated rings. The molecule has 0 saturated heterocycles. The van der Waals surface area contributed by atoms with Gasteiger partial charge < -0.3 is 15.4 Å². The highest BCUT2D eigenvalue weighted by Crippen LogP contribution is 2.16. The maximum absolute atomic E-state index is 9.01. The molecule has 0 atom stereocenters. The SMILES string of the molecule is Nc1ncnc2c1ncn2Cc1ccc(CO)cc1. The van der Waals surface area contributed by atoms with Crippen molar-refractivity contribution >= 4 is 17.0 Å². The highest BCUT2D eigenvalue weighted by atomic mass is 16.3. The summed E-state index contributed by atoms with van der Waals surface area (Å²) < 4.78 is 1.92. The number of aromatic nitrogens is 4. The van der Waals surface area contributed by atoms with Crippen LogP contribution in [0.25, 0.3) is 11.2 Å². The number of fused-ring (bicyclic) bond motifs is 1. The summed E-state index contributed by atoms with van der Waals surface area (Å²) in [5, 5.41) is 9.01. The van der Waals surface area contributed by atoms with E-state index in [0.29, 0.717) is 17.9 Å². The fourth-order valence-corrected chi connectivity index (χ4v) is 1.96. The molecule has 0 aliphatic heterocycles. The Bertz CT molecular complexity index is 705. The molecule has 0 radical (unpaired) electrons. The minimum absolute atomic E-state index is 0.0536. The molecule has 96 valence electrons. The lowest BCUT2D eigenvalue weighted by atomic mass is 10.1. The lowest BCUT2D eigenvalue weighted by Crippen LogP contribution is -2.00. The van der Waals surface area contributed by atoms with Gasteiger partial charge in [-0.15, -0.1) is 0 Å². The van der Waals surface area contributed by atoms with Crippen molar-refractivity contribution in [3.05, 3.63) is 48.0 Å².